The fourth-order valence-electron chi connectivity index (χ4n) is 3.55. The minimum atomic E-state index is -0.812. The molecular formula is C22H32N2O4. The number of nitrogens with one attached hydrogen (secondary N) is 2. The maximum atomic E-state index is 12.5. The van der Waals surface area contributed by atoms with Gasteiger partial charge in [0.15, 0.2) is 6.61 Å². The van der Waals surface area contributed by atoms with Crippen molar-refractivity contribution in [3.05, 3.63) is 35.4 Å². The monoisotopic (exact) mass is 388 g/mol. The van der Waals surface area contributed by atoms with E-state index in [2.05, 4.69) is 17.6 Å². The second-order valence-electron chi connectivity index (χ2n) is 8.05. The molecule has 28 heavy (non-hydrogen) atoms. The lowest BCUT2D eigenvalue weighted by Crippen LogP contribution is -2.47. The number of aryl methyl sites for hydroxylation is 1. The first-order valence-electron chi connectivity index (χ1n) is 10.1. The lowest BCUT2D eigenvalue weighted by Gasteiger charge is -2.29. The predicted molar refractivity (Wildman–Crippen MR) is 108 cm³/mol. The number of benzene rings is 1. The molecule has 0 unspecified atom stereocenters. The number of carbonyl (C=O) groups is 3. The molecule has 1 aliphatic rings. The summed E-state index contributed by atoms with van der Waals surface area (Å²) in [6.07, 6.45) is 4.36. The summed E-state index contributed by atoms with van der Waals surface area (Å²) >= 11 is 0. The van der Waals surface area contributed by atoms with Gasteiger partial charge in [0.1, 0.15) is 6.04 Å². The second-order valence-corrected chi connectivity index (χ2v) is 8.05. The Bertz CT molecular complexity index is 702. The van der Waals surface area contributed by atoms with Crippen molar-refractivity contribution in [2.45, 2.75) is 65.5 Å². The molecule has 0 radical (unpaired) electrons. The quantitative estimate of drug-likeness (QED) is 0.703. The van der Waals surface area contributed by atoms with Gasteiger partial charge in [-0.25, -0.2) is 4.79 Å². The van der Waals surface area contributed by atoms with Gasteiger partial charge in [-0.3, -0.25) is 9.59 Å². The van der Waals surface area contributed by atoms with Crippen LogP contribution in [0.1, 0.15) is 62.4 Å². The Kier molecular flexibility index (Phi) is 8.03. The molecule has 6 heteroatoms. The fourth-order valence-corrected chi connectivity index (χ4v) is 3.55. The average Bonchev–Trinajstić information content (AvgIpc) is 2.66. The third kappa shape index (κ3) is 6.08. The normalized spacial score (nSPS) is 20.3. The minimum absolute atomic E-state index is 0.140. The molecule has 154 valence electrons. The highest BCUT2D eigenvalue weighted by Gasteiger charge is 2.28. The van der Waals surface area contributed by atoms with Crippen LogP contribution >= 0.6 is 0 Å². The molecule has 0 bridgehead atoms. The highest BCUT2D eigenvalue weighted by atomic mass is 16.5. The zero-order valence-corrected chi connectivity index (χ0v) is 17.3. The molecule has 2 rings (SSSR count). The zero-order chi connectivity index (χ0) is 20.7. The van der Waals surface area contributed by atoms with E-state index >= 15 is 0 Å². The molecule has 0 aliphatic heterocycles. The molecular weight excluding hydrogens is 356 g/mol. The van der Waals surface area contributed by atoms with E-state index < -0.39 is 12.0 Å². The molecule has 6 nitrogen and oxygen atoms in total. The van der Waals surface area contributed by atoms with Crippen LogP contribution in [-0.2, 0) is 14.3 Å². The Labute approximate surface area is 167 Å². The molecule has 0 aromatic heterocycles. The summed E-state index contributed by atoms with van der Waals surface area (Å²) in [6, 6.07) is 6.52. The van der Waals surface area contributed by atoms with E-state index in [1.807, 2.05) is 32.9 Å². The van der Waals surface area contributed by atoms with Crippen molar-refractivity contribution < 1.29 is 19.1 Å². The SMILES string of the molecule is Cc1ccccc1C(=O)N[C@H](C(=O)OCC(=O)N[C@H]1CCCC[C@@H]1C)C(C)C. The number of esters is 1. The first kappa shape index (κ1) is 21.9. The first-order valence-corrected chi connectivity index (χ1v) is 10.1. The van der Waals surface area contributed by atoms with Crippen LogP contribution in [0.3, 0.4) is 0 Å². The van der Waals surface area contributed by atoms with Crippen molar-refractivity contribution in [2.75, 3.05) is 6.61 Å². The fraction of sp³-hybridized carbons (Fsp3) is 0.591. The number of carbonyl (C=O) groups excluding carboxylic acids is 3. The number of rotatable bonds is 7. The Morgan fingerprint density at radius 3 is 2.46 bits per heavy atom. The van der Waals surface area contributed by atoms with Gasteiger partial charge in [-0.1, -0.05) is 51.8 Å². The molecule has 1 fully saturated rings. The van der Waals surface area contributed by atoms with E-state index in [9.17, 15) is 14.4 Å². The van der Waals surface area contributed by atoms with Gasteiger partial charge in [0.05, 0.1) is 0 Å². The smallest absolute Gasteiger partial charge is 0.329 e. The van der Waals surface area contributed by atoms with Gasteiger partial charge >= 0.3 is 5.97 Å². The molecule has 0 spiro atoms. The standard InChI is InChI=1S/C22H32N2O4/c1-14(2)20(24-21(26)17-11-7-5-9-15(17)3)22(27)28-13-19(25)23-18-12-8-6-10-16(18)4/h5,7,9,11,14,16,18,20H,6,8,10,12-13H2,1-4H3,(H,23,25)(H,24,26)/t16-,18-,20-/m0/s1. The van der Waals surface area contributed by atoms with Crippen molar-refractivity contribution in [3.63, 3.8) is 0 Å². The minimum Gasteiger partial charge on any atom is -0.454 e. The highest BCUT2D eigenvalue weighted by molar-refractivity contribution is 5.98. The third-order valence-electron chi connectivity index (χ3n) is 5.40. The van der Waals surface area contributed by atoms with Crippen LogP contribution in [0.15, 0.2) is 24.3 Å². The van der Waals surface area contributed by atoms with Crippen LogP contribution in [0.2, 0.25) is 0 Å². The summed E-state index contributed by atoms with van der Waals surface area (Å²) in [4.78, 5) is 37.2. The Hall–Kier alpha value is -2.37. The molecule has 1 aliphatic carbocycles. The van der Waals surface area contributed by atoms with E-state index in [1.165, 1.54) is 6.42 Å². The number of ether oxygens (including phenoxy) is 1. The molecule has 1 aromatic carbocycles. The maximum absolute atomic E-state index is 12.5. The van der Waals surface area contributed by atoms with Gasteiger partial charge in [-0.15, -0.1) is 0 Å². The summed E-state index contributed by atoms with van der Waals surface area (Å²) in [6.45, 7) is 7.30. The molecule has 0 heterocycles. The second kappa shape index (κ2) is 10.2. The van der Waals surface area contributed by atoms with Crippen LogP contribution in [0.5, 0.6) is 0 Å². The summed E-state index contributed by atoms with van der Waals surface area (Å²) in [5.41, 5.74) is 1.35. The Balaban J connectivity index is 1.89. The summed E-state index contributed by atoms with van der Waals surface area (Å²) < 4.78 is 5.21. The van der Waals surface area contributed by atoms with Crippen LogP contribution < -0.4 is 10.6 Å². The molecule has 3 atom stereocenters. The molecule has 1 saturated carbocycles. The zero-order valence-electron chi connectivity index (χ0n) is 17.3. The third-order valence-corrected chi connectivity index (χ3v) is 5.40. The highest BCUT2D eigenvalue weighted by Crippen LogP contribution is 2.23. The van der Waals surface area contributed by atoms with Crippen LogP contribution in [0.4, 0.5) is 0 Å². The van der Waals surface area contributed by atoms with Crippen molar-refractivity contribution in [1.29, 1.82) is 0 Å². The van der Waals surface area contributed by atoms with Crippen LogP contribution in [-0.4, -0.2) is 36.5 Å². The summed E-state index contributed by atoms with van der Waals surface area (Å²) in [5, 5.41) is 5.70. The lowest BCUT2D eigenvalue weighted by atomic mass is 9.86. The van der Waals surface area contributed by atoms with Crippen molar-refractivity contribution in [1.82, 2.24) is 10.6 Å². The van der Waals surface area contributed by atoms with E-state index in [1.54, 1.807) is 12.1 Å². The maximum Gasteiger partial charge on any atom is 0.329 e. The van der Waals surface area contributed by atoms with E-state index in [0.29, 0.717) is 11.5 Å². The van der Waals surface area contributed by atoms with Gasteiger partial charge < -0.3 is 15.4 Å². The topological polar surface area (TPSA) is 84.5 Å². The van der Waals surface area contributed by atoms with Gasteiger partial charge in [-0.2, -0.15) is 0 Å². The number of hydrogen-bond donors (Lipinski definition) is 2. The lowest BCUT2D eigenvalue weighted by molar-refractivity contribution is -0.151. The van der Waals surface area contributed by atoms with E-state index in [4.69, 9.17) is 4.74 Å². The van der Waals surface area contributed by atoms with Gasteiger partial charge in [-0.05, 0) is 43.2 Å². The predicted octanol–water partition coefficient (Wildman–Crippen LogP) is 2.99. The van der Waals surface area contributed by atoms with Gasteiger partial charge in [0.25, 0.3) is 11.8 Å². The van der Waals surface area contributed by atoms with Gasteiger partial charge in [0.2, 0.25) is 0 Å². The molecule has 2 N–H and O–H groups in total. The largest absolute Gasteiger partial charge is 0.454 e. The van der Waals surface area contributed by atoms with Crippen LogP contribution in [0, 0.1) is 18.8 Å². The molecule has 1 aromatic rings. The van der Waals surface area contributed by atoms with E-state index in [-0.39, 0.29) is 30.4 Å². The molecule has 2 amide bonds. The van der Waals surface area contributed by atoms with Crippen LogP contribution in [0.25, 0.3) is 0 Å². The van der Waals surface area contributed by atoms with Crippen molar-refractivity contribution in [3.8, 4) is 0 Å². The van der Waals surface area contributed by atoms with E-state index in [0.717, 1.165) is 24.8 Å². The van der Waals surface area contributed by atoms with Gasteiger partial charge in [0, 0.05) is 11.6 Å². The summed E-state index contributed by atoms with van der Waals surface area (Å²) in [5.74, 6) is -0.940. The Morgan fingerprint density at radius 1 is 1.14 bits per heavy atom. The number of amides is 2. The molecule has 0 saturated heterocycles. The van der Waals surface area contributed by atoms with Crippen molar-refractivity contribution in [2.24, 2.45) is 11.8 Å². The number of hydrogen-bond acceptors (Lipinski definition) is 4. The Morgan fingerprint density at radius 2 is 1.82 bits per heavy atom. The summed E-state index contributed by atoms with van der Waals surface area (Å²) in [7, 11) is 0. The first-order chi connectivity index (χ1) is 13.3. The average molecular weight is 389 g/mol. The van der Waals surface area contributed by atoms with Crippen molar-refractivity contribution >= 4 is 17.8 Å².